The molecule has 2 aromatic carbocycles. The maximum atomic E-state index is 12.8. The molecule has 0 N–H and O–H groups in total. The Balaban J connectivity index is 1.47. The molecule has 0 aliphatic carbocycles. The van der Waals surface area contributed by atoms with E-state index in [-0.39, 0.29) is 18.5 Å². The highest BCUT2D eigenvalue weighted by molar-refractivity contribution is 5.76. The predicted molar refractivity (Wildman–Crippen MR) is 98.1 cm³/mol. The summed E-state index contributed by atoms with van der Waals surface area (Å²) in [7, 11) is 0. The molecule has 26 heavy (non-hydrogen) atoms. The first kappa shape index (κ1) is 16.4. The van der Waals surface area contributed by atoms with Crippen LogP contribution in [0.15, 0.2) is 54.6 Å². The molecule has 1 saturated heterocycles. The summed E-state index contributed by atoms with van der Waals surface area (Å²) in [5.74, 6) is 0.569. The van der Waals surface area contributed by atoms with Gasteiger partial charge in [0.25, 0.3) is 0 Å². The Hall–Kier alpha value is -3.02. The van der Waals surface area contributed by atoms with Gasteiger partial charge in [0.05, 0.1) is 6.04 Å². The van der Waals surface area contributed by atoms with E-state index in [1.165, 1.54) is 15.9 Å². The third kappa shape index (κ3) is 3.35. The van der Waals surface area contributed by atoms with Gasteiger partial charge in [0.1, 0.15) is 6.54 Å². The van der Waals surface area contributed by atoms with Gasteiger partial charge in [-0.1, -0.05) is 60.2 Å². The lowest BCUT2D eigenvalue weighted by atomic mass is 10.0. The van der Waals surface area contributed by atoms with Crippen LogP contribution in [0.3, 0.4) is 0 Å². The van der Waals surface area contributed by atoms with E-state index < -0.39 is 0 Å². The van der Waals surface area contributed by atoms with Gasteiger partial charge >= 0.3 is 0 Å². The van der Waals surface area contributed by atoms with Crippen molar-refractivity contribution in [2.75, 3.05) is 6.54 Å². The SMILES string of the molecule is Cc1ccc(C2CCCN2C(=O)Cn2nnc(-c3ccccc3)n2)cc1. The van der Waals surface area contributed by atoms with Crippen molar-refractivity contribution in [1.82, 2.24) is 25.1 Å². The zero-order valence-corrected chi connectivity index (χ0v) is 14.7. The van der Waals surface area contributed by atoms with E-state index in [2.05, 4.69) is 46.6 Å². The van der Waals surface area contributed by atoms with Crippen LogP contribution in [-0.2, 0) is 11.3 Å². The topological polar surface area (TPSA) is 63.9 Å². The number of carbonyl (C=O) groups excluding carboxylic acids is 1. The second-order valence-corrected chi connectivity index (χ2v) is 6.67. The van der Waals surface area contributed by atoms with E-state index in [1.807, 2.05) is 35.2 Å². The van der Waals surface area contributed by atoms with Crippen molar-refractivity contribution in [3.05, 3.63) is 65.7 Å². The third-order valence-electron chi connectivity index (χ3n) is 4.80. The maximum absolute atomic E-state index is 12.8. The lowest BCUT2D eigenvalue weighted by Crippen LogP contribution is -2.34. The van der Waals surface area contributed by atoms with Crippen LogP contribution in [-0.4, -0.2) is 37.6 Å². The van der Waals surface area contributed by atoms with Crippen LogP contribution in [0.5, 0.6) is 0 Å². The van der Waals surface area contributed by atoms with E-state index in [4.69, 9.17) is 0 Å². The number of hydrogen-bond acceptors (Lipinski definition) is 4. The molecule has 0 bridgehead atoms. The molecule has 1 aromatic heterocycles. The van der Waals surface area contributed by atoms with Gasteiger partial charge < -0.3 is 4.90 Å². The summed E-state index contributed by atoms with van der Waals surface area (Å²) in [5, 5.41) is 12.5. The Morgan fingerprint density at radius 1 is 1.12 bits per heavy atom. The van der Waals surface area contributed by atoms with Gasteiger partial charge in [0.15, 0.2) is 0 Å². The van der Waals surface area contributed by atoms with Crippen molar-refractivity contribution < 1.29 is 4.79 Å². The van der Waals surface area contributed by atoms with Crippen molar-refractivity contribution in [1.29, 1.82) is 0 Å². The first-order valence-electron chi connectivity index (χ1n) is 8.90. The molecular formula is C20H21N5O. The summed E-state index contributed by atoms with van der Waals surface area (Å²) in [6, 6.07) is 18.2. The molecule has 1 unspecified atom stereocenters. The molecule has 1 aliphatic heterocycles. The molecule has 4 rings (SSSR count). The number of tetrazole rings is 1. The van der Waals surface area contributed by atoms with Gasteiger partial charge in [-0.2, -0.15) is 4.80 Å². The Morgan fingerprint density at radius 2 is 1.88 bits per heavy atom. The minimum absolute atomic E-state index is 0.0325. The number of rotatable bonds is 4. The van der Waals surface area contributed by atoms with Crippen molar-refractivity contribution in [3.8, 4) is 11.4 Å². The lowest BCUT2D eigenvalue weighted by molar-refractivity contribution is -0.133. The monoisotopic (exact) mass is 347 g/mol. The Bertz CT molecular complexity index is 888. The highest BCUT2D eigenvalue weighted by atomic mass is 16.2. The summed E-state index contributed by atoms with van der Waals surface area (Å²) < 4.78 is 0. The van der Waals surface area contributed by atoms with E-state index in [9.17, 15) is 4.79 Å². The summed E-state index contributed by atoms with van der Waals surface area (Å²) in [6.07, 6.45) is 2.01. The second-order valence-electron chi connectivity index (χ2n) is 6.67. The van der Waals surface area contributed by atoms with E-state index in [1.54, 1.807) is 0 Å². The van der Waals surface area contributed by atoms with Crippen molar-refractivity contribution in [3.63, 3.8) is 0 Å². The highest BCUT2D eigenvalue weighted by Crippen LogP contribution is 2.32. The van der Waals surface area contributed by atoms with Gasteiger partial charge in [-0.15, -0.1) is 10.2 Å². The second kappa shape index (κ2) is 7.07. The molecular weight excluding hydrogens is 326 g/mol. The number of aryl methyl sites for hydroxylation is 1. The minimum atomic E-state index is 0.0325. The summed E-state index contributed by atoms with van der Waals surface area (Å²) >= 11 is 0. The molecule has 1 amide bonds. The Labute approximate surface area is 152 Å². The smallest absolute Gasteiger partial charge is 0.246 e. The highest BCUT2D eigenvalue weighted by Gasteiger charge is 2.30. The molecule has 1 fully saturated rings. The molecule has 0 saturated carbocycles. The summed E-state index contributed by atoms with van der Waals surface area (Å²) in [6.45, 7) is 2.96. The van der Waals surface area contributed by atoms with Gasteiger partial charge in [-0.3, -0.25) is 4.79 Å². The normalized spacial score (nSPS) is 16.8. The average molecular weight is 347 g/mol. The third-order valence-corrected chi connectivity index (χ3v) is 4.80. The van der Waals surface area contributed by atoms with Gasteiger partial charge in [-0.25, -0.2) is 0 Å². The van der Waals surface area contributed by atoms with Crippen LogP contribution in [0.4, 0.5) is 0 Å². The molecule has 132 valence electrons. The molecule has 1 aliphatic rings. The fourth-order valence-electron chi connectivity index (χ4n) is 3.43. The standard InChI is InChI=1S/C20H21N5O/c1-15-9-11-16(12-10-15)18-8-5-13-24(18)19(26)14-25-22-20(21-23-25)17-6-3-2-4-7-17/h2-4,6-7,9-12,18H,5,8,13-14H2,1H3. The first-order valence-corrected chi connectivity index (χ1v) is 8.90. The predicted octanol–water partition coefficient (Wildman–Crippen LogP) is 3.01. The minimum Gasteiger partial charge on any atom is -0.334 e. The number of nitrogens with zero attached hydrogens (tertiary/aromatic N) is 5. The Kier molecular flexibility index (Phi) is 4.48. The van der Waals surface area contributed by atoms with Crippen LogP contribution in [0.2, 0.25) is 0 Å². The van der Waals surface area contributed by atoms with Gasteiger partial charge in [0, 0.05) is 12.1 Å². The van der Waals surface area contributed by atoms with E-state index in [0.29, 0.717) is 5.82 Å². The Morgan fingerprint density at radius 3 is 2.65 bits per heavy atom. The number of amides is 1. The van der Waals surface area contributed by atoms with E-state index in [0.717, 1.165) is 24.9 Å². The average Bonchev–Trinajstić information content (AvgIpc) is 3.33. The van der Waals surface area contributed by atoms with Crippen LogP contribution in [0.25, 0.3) is 11.4 Å². The van der Waals surface area contributed by atoms with Crippen LogP contribution in [0, 0.1) is 6.92 Å². The summed E-state index contributed by atoms with van der Waals surface area (Å²) in [4.78, 5) is 16.1. The van der Waals surface area contributed by atoms with Crippen molar-refractivity contribution in [2.45, 2.75) is 32.4 Å². The van der Waals surface area contributed by atoms with Gasteiger partial charge in [-0.05, 0) is 30.5 Å². The van der Waals surface area contributed by atoms with Crippen molar-refractivity contribution in [2.24, 2.45) is 0 Å². The summed E-state index contributed by atoms with van der Waals surface area (Å²) in [5.41, 5.74) is 3.31. The fourth-order valence-corrected chi connectivity index (χ4v) is 3.43. The largest absolute Gasteiger partial charge is 0.334 e. The number of hydrogen-bond donors (Lipinski definition) is 0. The van der Waals surface area contributed by atoms with Crippen molar-refractivity contribution >= 4 is 5.91 Å². The quantitative estimate of drug-likeness (QED) is 0.728. The number of aromatic nitrogens is 4. The van der Waals surface area contributed by atoms with E-state index >= 15 is 0 Å². The first-order chi connectivity index (χ1) is 12.7. The molecule has 0 radical (unpaired) electrons. The molecule has 6 nitrogen and oxygen atoms in total. The number of likely N-dealkylation sites (tertiary alicyclic amines) is 1. The molecule has 1 atom stereocenters. The lowest BCUT2D eigenvalue weighted by Gasteiger charge is -2.25. The number of benzene rings is 2. The van der Waals surface area contributed by atoms with Gasteiger partial charge in [0.2, 0.25) is 11.7 Å². The fraction of sp³-hybridized carbons (Fsp3) is 0.300. The maximum Gasteiger partial charge on any atom is 0.246 e. The zero-order valence-electron chi connectivity index (χ0n) is 14.7. The molecule has 3 aromatic rings. The van der Waals surface area contributed by atoms with Crippen LogP contribution >= 0.6 is 0 Å². The zero-order chi connectivity index (χ0) is 17.9. The molecule has 6 heteroatoms. The molecule has 2 heterocycles. The van der Waals surface area contributed by atoms with Crippen LogP contribution < -0.4 is 0 Å². The molecule has 0 spiro atoms. The number of carbonyl (C=O) groups is 1. The van der Waals surface area contributed by atoms with Crippen LogP contribution in [0.1, 0.15) is 30.0 Å².